The van der Waals surface area contributed by atoms with Gasteiger partial charge in [0.1, 0.15) is 0 Å². The number of benzene rings is 2. The summed E-state index contributed by atoms with van der Waals surface area (Å²) in [6, 6.07) is 16.4. The number of nitrogens with zero attached hydrogens (tertiary/aromatic N) is 2. The molecule has 0 aromatic heterocycles. The summed E-state index contributed by atoms with van der Waals surface area (Å²) in [6.07, 6.45) is 7.95. The molecule has 0 saturated carbocycles. The molecule has 2 aromatic rings. The zero-order valence-electron chi connectivity index (χ0n) is 22.8. The van der Waals surface area contributed by atoms with Crippen molar-refractivity contribution in [3.63, 3.8) is 0 Å². The zero-order chi connectivity index (χ0) is 25.9. The summed E-state index contributed by atoms with van der Waals surface area (Å²) in [4.78, 5) is 29.8. The molecule has 1 fully saturated rings. The Balaban J connectivity index is 1.72. The molecule has 1 saturated heterocycles. The highest BCUT2D eigenvalue weighted by Gasteiger charge is 2.29. The summed E-state index contributed by atoms with van der Waals surface area (Å²) in [5, 5.41) is 2.82. The maximum atomic E-state index is 13.8. The van der Waals surface area contributed by atoms with Crippen LogP contribution in [0.25, 0.3) is 0 Å². The van der Waals surface area contributed by atoms with Gasteiger partial charge in [0.05, 0.1) is 0 Å². The van der Waals surface area contributed by atoms with Gasteiger partial charge in [-0.05, 0) is 80.0 Å². The second-order valence-electron chi connectivity index (χ2n) is 10.7. The van der Waals surface area contributed by atoms with Crippen LogP contribution < -0.4 is 5.32 Å². The summed E-state index contributed by atoms with van der Waals surface area (Å²) < 4.78 is 0. The fourth-order valence-corrected chi connectivity index (χ4v) is 4.91. The van der Waals surface area contributed by atoms with Gasteiger partial charge in [0.25, 0.3) is 5.91 Å². The van der Waals surface area contributed by atoms with Crippen molar-refractivity contribution in [1.29, 1.82) is 0 Å². The molecule has 0 unspecified atom stereocenters. The van der Waals surface area contributed by atoms with Crippen LogP contribution in [-0.2, 0) is 17.8 Å². The van der Waals surface area contributed by atoms with Gasteiger partial charge in [0, 0.05) is 43.9 Å². The van der Waals surface area contributed by atoms with Gasteiger partial charge >= 0.3 is 0 Å². The number of likely N-dealkylation sites (tertiary alicyclic amines) is 1. The number of nitrogens with one attached hydrogen (secondary N) is 1. The van der Waals surface area contributed by atoms with Crippen LogP contribution >= 0.6 is 0 Å². The first-order valence-electron chi connectivity index (χ1n) is 13.8. The van der Waals surface area contributed by atoms with E-state index < -0.39 is 0 Å². The van der Waals surface area contributed by atoms with Crippen LogP contribution in [0.15, 0.2) is 48.5 Å². The summed E-state index contributed by atoms with van der Waals surface area (Å²) >= 11 is 0. The second kappa shape index (κ2) is 14.2. The molecule has 5 heteroatoms. The summed E-state index contributed by atoms with van der Waals surface area (Å²) in [6.45, 7) is 12.1. The highest BCUT2D eigenvalue weighted by atomic mass is 16.2. The molecule has 1 N–H and O–H groups in total. The maximum Gasteiger partial charge on any atom is 0.254 e. The second-order valence-corrected chi connectivity index (χ2v) is 10.7. The minimum absolute atomic E-state index is 0.0816. The van der Waals surface area contributed by atoms with E-state index in [1.165, 1.54) is 38.2 Å². The molecule has 0 spiro atoms. The van der Waals surface area contributed by atoms with E-state index in [4.69, 9.17) is 0 Å². The van der Waals surface area contributed by atoms with Gasteiger partial charge in [-0.1, -0.05) is 57.9 Å². The summed E-state index contributed by atoms with van der Waals surface area (Å²) in [5.74, 6) is 0.745. The maximum absolute atomic E-state index is 13.8. The number of amides is 2. The monoisotopic (exact) mass is 491 g/mol. The van der Waals surface area contributed by atoms with Crippen molar-refractivity contribution < 1.29 is 9.59 Å². The van der Waals surface area contributed by atoms with E-state index in [2.05, 4.69) is 48.0 Å². The van der Waals surface area contributed by atoms with E-state index in [1.807, 2.05) is 36.4 Å². The number of carbonyl (C=O) groups excluding carboxylic acids is 2. The molecule has 0 atom stereocenters. The molecule has 0 aliphatic carbocycles. The Bertz CT molecular complexity index is 945. The number of carbonyl (C=O) groups is 2. The van der Waals surface area contributed by atoms with Crippen LogP contribution in [0.4, 0.5) is 5.69 Å². The molecule has 5 nitrogen and oxygen atoms in total. The molecule has 1 aliphatic heterocycles. The van der Waals surface area contributed by atoms with Crippen molar-refractivity contribution in [1.82, 2.24) is 9.80 Å². The third-order valence-electron chi connectivity index (χ3n) is 7.18. The Morgan fingerprint density at radius 3 is 2.19 bits per heavy atom. The molecule has 2 aromatic carbocycles. The smallest absolute Gasteiger partial charge is 0.254 e. The van der Waals surface area contributed by atoms with E-state index in [0.717, 1.165) is 55.7 Å². The van der Waals surface area contributed by atoms with E-state index in [0.29, 0.717) is 12.5 Å². The van der Waals surface area contributed by atoms with Crippen molar-refractivity contribution in [3.8, 4) is 0 Å². The quantitative estimate of drug-likeness (QED) is 0.343. The Kier molecular flexibility index (Phi) is 11.0. The largest absolute Gasteiger partial charge is 0.331 e. The lowest BCUT2D eigenvalue weighted by atomic mass is 9.99. The predicted molar refractivity (Wildman–Crippen MR) is 149 cm³/mol. The van der Waals surface area contributed by atoms with Gasteiger partial charge in [-0.15, -0.1) is 0 Å². The number of hydrogen-bond acceptors (Lipinski definition) is 3. The SMILES string of the molecule is CCCCCc1ccc(C(=O)N(Cc2ccc(NC(C)=O)cc2)C2CCN(CCC(C)C)CC2)cc1. The summed E-state index contributed by atoms with van der Waals surface area (Å²) in [7, 11) is 0. The molecule has 2 amide bonds. The van der Waals surface area contributed by atoms with Crippen LogP contribution in [0.1, 0.15) is 87.7 Å². The number of rotatable bonds is 12. The number of aryl methyl sites for hydroxylation is 1. The highest BCUT2D eigenvalue weighted by molar-refractivity contribution is 5.94. The number of anilines is 1. The Morgan fingerprint density at radius 2 is 1.61 bits per heavy atom. The molecule has 196 valence electrons. The minimum Gasteiger partial charge on any atom is -0.331 e. The van der Waals surface area contributed by atoms with Crippen LogP contribution in [0.3, 0.4) is 0 Å². The number of unbranched alkanes of at least 4 members (excludes halogenated alkanes) is 2. The molecular formula is C31H45N3O2. The van der Waals surface area contributed by atoms with E-state index >= 15 is 0 Å². The molecule has 0 bridgehead atoms. The van der Waals surface area contributed by atoms with Gasteiger partial charge in [-0.2, -0.15) is 0 Å². The van der Waals surface area contributed by atoms with E-state index in [-0.39, 0.29) is 17.9 Å². The predicted octanol–water partition coefficient (Wildman–Crippen LogP) is 6.53. The zero-order valence-corrected chi connectivity index (χ0v) is 22.8. The Morgan fingerprint density at radius 1 is 0.972 bits per heavy atom. The lowest BCUT2D eigenvalue weighted by Crippen LogP contribution is -2.47. The molecule has 36 heavy (non-hydrogen) atoms. The molecular weight excluding hydrogens is 446 g/mol. The van der Waals surface area contributed by atoms with Crippen molar-refractivity contribution in [2.24, 2.45) is 5.92 Å². The van der Waals surface area contributed by atoms with Gasteiger partial charge in [-0.25, -0.2) is 0 Å². The normalized spacial score (nSPS) is 14.7. The average Bonchev–Trinajstić information content (AvgIpc) is 2.87. The number of hydrogen-bond donors (Lipinski definition) is 1. The van der Waals surface area contributed by atoms with Crippen molar-refractivity contribution in [3.05, 3.63) is 65.2 Å². The van der Waals surface area contributed by atoms with Crippen LogP contribution in [0.5, 0.6) is 0 Å². The third kappa shape index (κ3) is 8.77. The van der Waals surface area contributed by atoms with Crippen molar-refractivity contribution in [2.75, 3.05) is 25.0 Å². The van der Waals surface area contributed by atoms with Crippen LogP contribution in [-0.4, -0.2) is 47.3 Å². The first-order chi connectivity index (χ1) is 17.4. The lowest BCUT2D eigenvalue weighted by Gasteiger charge is -2.39. The minimum atomic E-state index is -0.0816. The standard InChI is InChI=1S/C31H45N3O2/c1-5-6-7-8-26-9-13-28(14-10-26)31(36)34(23-27-11-15-29(16-12-27)32-25(4)35)30-18-21-33(22-19-30)20-17-24(2)3/h9-16,24,30H,5-8,17-23H2,1-4H3,(H,32,35). The fraction of sp³-hybridized carbons (Fsp3) is 0.548. The Labute approximate surface area is 218 Å². The van der Waals surface area contributed by atoms with Crippen molar-refractivity contribution >= 4 is 17.5 Å². The van der Waals surface area contributed by atoms with Crippen LogP contribution in [0, 0.1) is 5.92 Å². The van der Waals surface area contributed by atoms with Crippen molar-refractivity contribution in [2.45, 2.75) is 85.2 Å². The third-order valence-corrected chi connectivity index (χ3v) is 7.18. The van der Waals surface area contributed by atoms with Crippen LogP contribution in [0.2, 0.25) is 0 Å². The van der Waals surface area contributed by atoms with E-state index in [9.17, 15) is 9.59 Å². The average molecular weight is 492 g/mol. The van der Waals surface area contributed by atoms with Gasteiger partial charge in [0.2, 0.25) is 5.91 Å². The first kappa shape index (κ1) is 27.9. The fourth-order valence-electron chi connectivity index (χ4n) is 4.91. The topological polar surface area (TPSA) is 52.7 Å². The Hall–Kier alpha value is -2.66. The van der Waals surface area contributed by atoms with E-state index in [1.54, 1.807) is 0 Å². The molecule has 3 rings (SSSR count). The molecule has 1 heterocycles. The highest BCUT2D eigenvalue weighted by Crippen LogP contribution is 2.23. The van der Waals surface area contributed by atoms with Gasteiger partial charge in [0.15, 0.2) is 0 Å². The lowest BCUT2D eigenvalue weighted by molar-refractivity contribution is -0.114. The summed E-state index contributed by atoms with van der Waals surface area (Å²) in [5.41, 5.74) is 3.93. The number of piperidine rings is 1. The molecule has 0 radical (unpaired) electrons. The van der Waals surface area contributed by atoms with Gasteiger partial charge in [-0.3, -0.25) is 9.59 Å². The molecule has 1 aliphatic rings. The van der Waals surface area contributed by atoms with Gasteiger partial charge < -0.3 is 15.1 Å². The first-order valence-corrected chi connectivity index (χ1v) is 13.8.